The highest BCUT2D eigenvalue weighted by atomic mass is 32.2. The van der Waals surface area contributed by atoms with Crippen molar-refractivity contribution in [3.8, 4) is 0 Å². The molecule has 0 fully saturated rings. The molecule has 0 saturated heterocycles. The zero-order valence-electron chi connectivity index (χ0n) is 16.2. The van der Waals surface area contributed by atoms with Crippen LogP contribution in [0.1, 0.15) is 43.1 Å². The van der Waals surface area contributed by atoms with Gasteiger partial charge in [-0.05, 0) is 41.7 Å². The van der Waals surface area contributed by atoms with Gasteiger partial charge in [0.1, 0.15) is 6.04 Å². The zero-order valence-corrected chi connectivity index (χ0v) is 17.0. The first-order chi connectivity index (χ1) is 13.0. The van der Waals surface area contributed by atoms with Gasteiger partial charge >= 0.3 is 5.97 Å². The lowest BCUT2D eigenvalue weighted by molar-refractivity contribution is -0.139. The average molecular weight is 404 g/mol. The van der Waals surface area contributed by atoms with E-state index < -0.39 is 27.8 Å². The fraction of sp³-hybridized carbons (Fsp3) is 0.333. The summed E-state index contributed by atoms with van der Waals surface area (Å²) in [5, 5.41) is 11.8. The maximum atomic E-state index is 12.4. The molecule has 2 aromatic carbocycles. The number of amides is 1. The molecular weight excluding hydrogens is 378 g/mol. The topological polar surface area (TPSA) is 101 Å². The Morgan fingerprint density at radius 2 is 1.57 bits per heavy atom. The lowest BCUT2D eigenvalue weighted by Gasteiger charge is -2.19. The lowest BCUT2D eigenvalue weighted by Crippen LogP contribution is -2.42. The van der Waals surface area contributed by atoms with Crippen LogP contribution >= 0.6 is 0 Å². The van der Waals surface area contributed by atoms with Gasteiger partial charge in [-0.1, -0.05) is 51.1 Å². The molecule has 1 atom stereocenters. The summed E-state index contributed by atoms with van der Waals surface area (Å²) in [6, 6.07) is 13.4. The van der Waals surface area contributed by atoms with Gasteiger partial charge in [0.05, 0.1) is 10.6 Å². The van der Waals surface area contributed by atoms with E-state index in [0.29, 0.717) is 5.56 Å². The fourth-order valence-electron chi connectivity index (χ4n) is 2.64. The summed E-state index contributed by atoms with van der Waals surface area (Å²) in [7, 11) is -3.63. The molecule has 0 heterocycles. The molecule has 2 rings (SSSR count). The van der Waals surface area contributed by atoms with E-state index in [1.54, 1.807) is 30.3 Å². The normalized spacial score (nSPS) is 13.0. The summed E-state index contributed by atoms with van der Waals surface area (Å²) in [5.41, 5.74) is 1.31. The number of rotatable bonds is 7. The summed E-state index contributed by atoms with van der Waals surface area (Å²) in [6.45, 7) is 6.15. The van der Waals surface area contributed by atoms with Crippen LogP contribution < -0.4 is 5.32 Å². The second-order valence-electron chi connectivity index (χ2n) is 7.61. The van der Waals surface area contributed by atoms with Crippen LogP contribution in [0.4, 0.5) is 0 Å². The van der Waals surface area contributed by atoms with Crippen LogP contribution in [0.5, 0.6) is 0 Å². The third kappa shape index (κ3) is 5.66. The molecule has 2 N–H and O–H groups in total. The Hall–Kier alpha value is -2.67. The van der Waals surface area contributed by atoms with Gasteiger partial charge < -0.3 is 10.4 Å². The van der Waals surface area contributed by atoms with Crippen LogP contribution in [-0.4, -0.2) is 37.2 Å². The standard InChI is InChI=1S/C21H25NO5S/c1-21(2,3)16-11-9-15(10-12-16)19(23)22-18(20(24)25)13-14-28(26,27)17-7-5-4-6-8-17/h4-12,18H,13-14H2,1-3H3,(H,22,23)(H,24,25)/t18-/m0/s1. The van der Waals surface area contributed by atoms with Crippen molar-refractivity contribution in [1.82, 2.24) is 5.32 Å². The number of aliphatic carboxylic acids is 1. The number of carbonyl (C=O) groups excluding carboxylic acids is 1. The molecule has 2 aromatic rings. The van der Waals surface area contributed by atoms with E-state index in [-0.39, 0.29) is 22.5 Å². The van der Waals surface area contributed by atoms with E-state index in [1.807, 2.05) is 12.1 Å². The molecule has 0 aliphatic rings. The summed E-state index contributed by atoms with van der Waals surface area (Å²) < 4.78 is 24.7. The van der Waals surface area contributed by atoms with E-state index in [2.05, 4.69) is 26.1 Å². The zero-order chi connectivity index (χ0) is 20.9. The maximum Gasteiger partial charge on any atom is 0.326 e. The molecule has 0 saturated carbocycles. The molecule has 0 aliphatic heterocycles. The van der Waals surface area contributed by atoms with Gasteiger partial charge in [-0.25, -0.2) is 13.2 Å². The third-order valence-corrected chi connectivity index (χ3v) is 6.16. The molecule has 1 amide bonds. The smallest absolute Gasteiger partial charge is 0.326 e. The highest BCUT2D eigenvalue weighted by Gasteiger charge is 2.24. The first kappa shape index (κ1) is 21.6. The number of carboxylic acid groups (broad SMARTS) is 1. The Balaban J connectivity index is 2.06. The molecule has 0 radical (unpaired) electrons. The van der Waals surface area contributed by atoms with E-state index >= 15 is 0 Å². The van der Waals surface area contributed by atoms with Crippen molar-refractivity contribution in [2.24, 2.45) is 0 Å². The van der Waals surface area contributed by atoms with Gasteiger partial charge in [-0.3, -0.25) is 4.79 Å². The summed E-state index contributed by atoms with van der Waals surface area (Å²) in [4.78, 5) is 24.0. The minimum absolute atomic E-state index is 0.0651. The second-order valence-corrected chi connectivity index (χ2v) is 9.72. The van der Waals surface area contributed by atoms with Crippen molar-refractivity contribution >= 4 is 21.7 Å². The highest BCUT2D eigenvalue weighted by Crippen LogP contribution is 2.22. The third-order valence-electron chi connectivity index (χ3n) is 4.39. The molecule has 0 spiro atoms. The number of hydrogen-bond donors (Lipinski definition) is 2. The predicted molar refractivity (Wildman–Crippen MR) is 107 cm³/mol. The number of carboxylic acids is 1. The minimum atomic E-state index is -3.63. The van der Waals surface area contributed by atoms with Crippen LogP contribution in [0.2, 0.25) is 0 Å². The van der Waals surface area contributed by atoms with Gasteiger partial charge in [0, 0.05) is 5.56 Å². The molecule has 0 aliphatic carbocycles. The first-order valence-electron chi connectivity index (χ1n) is 8.93. The van der Waals surface area contributed by atoms with E-state index in [9.17, 15) is 23.1 Å². The SMILES string of the molecule is CC(C)(C)c1ccc(C(=O)N[C@@H](CCS(=O)(=O)c2ccccc2)C(=O)O)cc1. The molecule has 0 unspecified atom stereocenters. The van der Waals surface area contributed by atoms with Gasteiger partial charge in [0.2, 0.25) is 0 Å². The largest absolute Gasteiger partial charge is 0.480 e. The Labute approximate surface area is 165 Å². The molecule has 7 heteroatoms. The predicted octanol–water partition coefficient (Wildman–Crippen LogP) is 3.03. The first-order valence-corrected chi connectivity index (χ1v) is 10.6. The van der Waals surface area contributed by atoms with Crippen LogP contribution in [0, 0.1) is 0 Å². The molecule has 0 aromatic heterocycles. The van der Waals surface area contributed by atoms with Crippen LogP contribution in [0.25, 0.3) is 0 Å². The number of nitrogens with one attached hydrogen (secondary N) is 1. The van der Waals surface area contributed by atoms with Crippen LogP contribution in [0.15, 0.2) is 59.5 Å². The van der Waals surface area contributed by atoms with Crippen molar-refractivity contribution in [2.75, 3.05) is 5.75 Å². The second kappa shape index (κ2) is 8.56. The van der Waals surface area contributed by atoms with Gasteiger partial charge in [-0.15, -0.1) is 0 Å². The van der Waals surface area contributed by atoms with E-state index in [4.69, 9.17) is 0 Å². The van der Waals surface area contributed by atoms with Crippen LogP contribution in [-0.2, 0) is 20.0 Å². The van der Waals surface area contributed by atoms with Gasteiger partial charge in [-0.2, -0.15) is 0 Å². The number of hydrogen-bond acceptors (Lipinski definition) is 4. The summed E-state index contributed by atoms with van der Waals surface area (Å²) in [5.74, 6) is -2.20. The van der Waals surface area contributed by atoms with Crippen molar-refractivity contribution in [3.05, 3.63) is 65.7 Å². The van der Waals surface area contributed by atoms with E-state index in [0.717, 1.165) is 5.56 Å². The quantitative estimate of drug-likeness (QED) is 0.740. The molecule has 6 nitrogen and oxygen atoms in total. The minimum Gasteiger partial charge on any atom is -0.480 e. The lowest BCUT2D eigenvalue weighted by atomic mass is 9.86. The Kier molecular flexibility index (Phi) is 6.61. The number of carbonyl (C=O) groups is 2. The van der Waals surface area contributed by atoms with Crippen molar-refractivity contribution in [1.29, 1.82) is 0 Å². The molecule has 28 heavy (non-hydrogen) atoms. The van der Waals surface area contributed by atoms with Gasteiger partial charge in [0.25, 0.3) is 5.91 Å². The Bertz CT molecular complexity index is 929. The van der Waals surface area contributed by atoms with Crippen molar-refractivity contribution in [2.45, 2.75) is 43.5 Å². The monoisotopic (exact) mass is 403 g/mol. The highest BCUT2D eigenvalue weighted by molar-refractivity contribution is 7.91. The fourth-order valence-corrected chi connectivity index (χ4v) is 3.99. The van der Waals surface area contributed by atoms with Crippen molar-refractivity contribution in [3.63, 3.8) is 0 Å². The molecule has 150 valence electrons. The summed E-state index contributed by atoms with van der Waals surface area (Å²) >= 11 is 0. The average Bonchev–Trinajstić information content (AvgIpc) is 2.64. The summed E-state index contributed by atoms with van der Waals surface area (Å²) in [6.07, 6.45) is -0.224. The van der Waals surface area contributed by atoms with Crippen LogP contribution in [0.3, 0.4) is 0 Å². The maximum absolute atomic E-state index is 12.4. The Morgan fingerprint density at radius 3 is 2.07 bits per heavy atom. The molecular formula is C21H25NO5S. The van der Waals surface area contributed by atoms with Crippen molar-refractivity contribution < 1.29 is 23.1 Å². The van der Waals surface area contributed by atoms with E-state index in [1.165, 1.54) is 12.1 Å². The Morgan fingerprint density at radius 1 is 1.00 bits per heavy atom. The molecule has 0 bridgehead atoms. The number of sulfone groups is 1. The number of benzene rings is 2. The van der Waals surface area contributed by atoms with Gasteiger partial charge in [0.15, 0.2) is 9.84 Å².